The minimum atomic E-state index is 0.424. The molecule has 2 aromatic carbocycles. The van der Waals surface area contributed by atoms with E-state index in [9.17, 15) is 0 Å². The molecule has 0 aromatic heterocycles. The third-order valence-electron chi connectivity index (χ3n) is 2.92. The predicted octanol–water partition coefficient (Wildman–Crippen LogP) is 3.40. The lowest BCUT2D eigenvalue weighted by Gasteiger charge is -2.22. The molecule has 92 valence electrons. The molecule has 0 saturated carbocycles. The SMILES string of the molecule is Cc1ccc(C(N)=S)c(N(C)c2ccccc2)c1. The fourth-order valence-electron chi connectivity index (χ4n) is 1.92. The molecule has 0 atom stereocenters. The largest absolute Gasteiger partial charge is 0.389 e. The molecule has 0 fully saturated rings. The molecule has 2 N–H and O–H groups in total. The van der Waals surface area contributed by atoms with Crippen molar-refractivity contribution >= 4 is 28.6 Å². The first-order valence-electron chi connectivity index (χ1n) is 5.79. The van der Waals surface area contributed by atoms with Crippen LogP contribution in [0.4, 0.5) is 11.4 Å². The summed E-state index contributed by atoms with van der Waals surface area (Å²) in [6, 6.07) is 16.3. The van der Waals surface area contributed by atoms with Crippen LogP contribution in [0, 0.1) is 6.92 Å². The number of rotatable bonds is 3. The first-order valence-corrected chi connectivity index (χ1v) is 6.19. The van der Waals surface area contributed by atoms with Gasteiger partial charge in [0.25, 0.3) is 0 Å². The first kappa shape index (κ1) is 12.6. The van der Waals surface area contributed by atoms with Crippen molar-refractivity contribution in [2.24, 2.45) is 5.73 Å². The lowest BCUT2D eigenvalue weighted by atomic mass is 10.1. The molecule has 0 radical (unpaired) electrons. The minimum absolute atomic E-state index is 0.424. The van der Waals surface area contributed by atoms with Crippen LogP contribution in [0.2, 0.25) is 0 Å². The van der Waals surface area contributed by atoms with Gasteiger partial charge in [0.1, 0.15) is 4.99 Å². The van der Waals surface area contributed by atoms with Crippen LogP contribution in [0.3, 0.4) is 0 Å². The smallest absolute Gasteiger partial charge is 0.106 e. The summed E-state index contributed by atoms with van der Waals surface area (Å²) in [5.41, 5.74) is 10.0. The van der Waals surface area contributed by atoms with Crippen molar-refractivity contribution in [1.29, 1.82) is 0 Å². The average molecular weight is 256 g/mol. The maximum Gasteiger partial charge on any atom is 0.106 e. The molecule has 0 unspecified atom stereocenters. The van der Waals surface area contributed by atoms with Crippen LogP contribution in [0.1, 0.15) is 11.1 Å². The normalized spacial score (nSPS) is 10.1. The van der Waals surface area contributed by atoms with Gasteiger partial charge in [-0.25, -0.2) is 0 Å². The Morgan fingerprint density at radius 3 is 2.39 bits per heavy atom. The molecule has 2 rings (SSSR count). The number of aryl methyl sites for hydroxylation is 1. The van der Waals surface area contributed by atoms with Crippen molar-refractivity contribution in [3.05, 3.63) is 59.7 Å². The second kappa shape index (κ2) is 5.19. The molecule has 0 heterocycles. The number of anilines is 2. The zero-order chi connectivity index (χ0) is 13.1. The van der Waals surface area contributed by atoms with Crippen molar-refractivity contribution in [3.63, 3.8) is 0 Å². The summed E-state index contributed by atoms with van der Waals surface area (Å²) in [5.74, 6) is 0. The van der Waals surface area contributed by atoms with E-state index in [1.807, 2.05) is 37.4 Å². The van der Waals surface area contributed by atoms with Gasteiger partial charge in [-0.15, -0.1) is 0 Å². The summed E-state index contributed by atoms with van der Waals surface area (Å²) >= 11 is 5.11. The van der Waals surface area contributed by atoms with Crippen molar-refractivity contribution in [3.8, 4) is 0 Å². The molecule has 18 heavy (non-hydrogen) atoms. The van der Waals surface area contributed by atoms with Crippen LogP contribution in [0.15, 0.2) is 48.5 Å². The summed E-state index contributed by atoms with van der Waals surface area (Å²) in [7, 11) is 2.02. The van der Waals surface area contributed by atoms with Gasteiger partial charge in [0, 0.05) is 18.3 Å². The highest BCUT2D eigenvalue weighted by atomic mass is 32.1. The standard InChI is InChI=1S/C15H16N2S/c1-11-8-9-13(15(16)18)14(10-11)17(2)12-6-4-3-5-7-12/h3-10H,1-2H3,(H2,16,18). The van der Waals surface area contributed by atoms with Crippen LogP contribution in [0.25, 0.3) is 0 Å². The summed E-state index contributed by atoms with van der Waals surface area (Å²) in [6.45, 7) is 2.06. The minimum Gasteiger partial charge on any atom is -0.389 e. The molecule has 0 aliphatic rings. The molecule has 3 heteroatoms. The quantitative estimate of drug-likeness (QED) is 0.853. The van der Waals surface area contributed by atoms with Gasteiger partial charge in [-0.05, 0) is 36.8 Å². The monoisotopic (exact) mass is 256 g/mol. The van der Waals surface area contributed by atoms with E-state index in [-0.39, 0.29) is 0 Å². The van der Waals surface area contributed by atoms with Crippen LogP contribution < -0.4 is 10.6 Å². The van der Waals surface area contributed by atoms with E-state index in [2.05, 4.69) is 30.0 Å². The highest BCUT2D eigenvalue weighted by Gasteiger charge is 2.11. The summed E-state index contributed by atoms with van der Waals surface area (Å²) in [6.07, 6.45) is 0. The fraction of sp³-hybridized carbons (Fsp3) is 0.133. The molecule has 0 aliphatic carbocycles. The van der Waals surface area contributed by atoms with Crippen molar-refractivity contribution in [2.45, 2.75) is 6.92 Å². The van der Waals surface area contributed by atoms with E-state index < -0.39 is 0 Å². The Morgan fingerprint density at radius 2 is 1.78 bits per heavy atom. The molecule has 0 aliphatic heterocycles. The van der Waals surface area contributed by atoms with Crippen LogP contribution in [0.5, 0.6) is 0 Å². The van der Waals surface area contributed by atoms with Gasteiger partial charge in [-0.1, -0.05) is 36.5 Å². The maximum atomic E-state index is 5.79. The highest BCUT2D eigenvalue weighted by Crippen LogP contribution is 2.27. The number of thiocarbonyl (C=S) groups is 1. The summed E-state index contributed by atoms with van der Waals surface area (Å²) < 4.78 is 0. The molecule has 0 spiro atoms. The van der Waals surface area contributed by atoms with E-state index >= 15 is 0 Å². The molecular weight excluding hydrogens is 240 g/mol. The summed E-state index contributed by atoms with van der Waals surface area (Å²) in [4.78, 5) is 2.52. The Hall–Kier alpha value is -1.87. The molecule has 0 bridgehead atoms. The predicted molar refractivity (Wildman–Crippen MR) is 81.6 cm³/mol. The summed E-state index contributed by atoms with van der Waals surface area (Å²) in [5, 5.41) is 0. The number of nitrogens with zero attached hydrogens (tertiary/aromatic N) is 1. The van der Waals surface area contributed by atoms with E-state index in [1.165, 1.54) is 5.56 Å². The van der Waals surface area contributed by atoms with Gasteiger partial charge in [-0.3, -0.25) is 0 Å². The highest BCUT2D eigenvalue weighted by molar-refractivity contribution is 7.80. The Labute approximate surface area is 113 Å². The Balaban J connectivity index is 2.50. The topological polar surface area (TPSA) is 29.3 Å². The zero-order valence-corrected chi connectivity index (χ0v) is 11.4. The molecule has 0 amide bonds. The fourth-order valence-corrected chi connectivity index (χ4v) is 2.09. The molecule has 2 aromatic rings. The first-order chi connectivity index (χ1) is 8.59. The van der Waals surface area contributed by atoms with Gasteiger partial charge in [0.05, 0.1) is 5.69 Å². The van der Waals surface area contributed by atoms with Crippen LogP contribution in [-0.2, 0) is 0 Å². The zero-order valence-electron chi connectivity index (χ0n) is 10.6. The second-order valence-electron chi connectivity index (χ2n) is 4.28. The van der Waals surface area contributed by atoms with E-state index in [1.54, 1.807) is 0 Å². The van der Waals surface area contributed by atoms with Gasteiger partial charge >= 0.3 is 0 Å². The number of benzene rings is 2. The van der Waals surface area contributed by atoms with E-state index in [4.69, 9.17) is 18.0 Å². The van der Waals surface area contributed by atoms with Crippen molar-refractivity contribution in [1.82, 2.24) is 0 Å². The number of para-hydroxylation sites is 1. The lowest BCUT2D eigenvalue weighted by Crippen LogP contribution is -2.17. The number of hydrogen-bond acceptors (Lipinski definition) is 2. The third kappa shape index (κ3) is 2.51. The van der Waals surface area contributed by atoms with Gasteiger partial charge in [-0.2, -0.15) is 0 Å². The van der Waals surface area contributed by atoms with Crippen LogP contribution in [-0.4, -0.2) is 12.0 Å². The molecule has 0 saturated heterocycles. The van der Waals surface area contributed by atoms with Gasteiger partial charge in [0.15, 0.2) is 0 Å². The number of hydrogen-bond donors (Lipinski definition) is 1. The Kier molecular flexibility index (Phi) is 3.63. The number of nitrogens with two attached hydrogens (primary N) is 1. The third-order valence-corrected chi connectivity index (χ3v) is 3.14. The molecular formula is C15H16N2S. The average Bonchev–Trinajstić information content (AvgIpc) is 2.38. The lowest BCUT2D eigenvalue weighted by molar-refractivity contribution is 1.20. The van der Waals surface area contributed by atoms with E-state index in [0.717, 1.165) is 16.9 Å². The maximum absolute atomic E-state index is 5.79. The molecule has 2 nitrogen and oxygen atoms in total. The van der Waals surface area contributed by atoms with Gasteiger partial charge in [0.2, 0.25) is 0 Å². The Bertz CT molecular complexity index is 564. The van der Waals surface area contributed by atoms with Crippen molar-refractivity contribution in [2.75, 3.05) is 11.9 Å². The van der Waals surface area contributed by atoms with Crippen molar-refractivity contribution < 1.29 is 0 Å². The van der Waals surface area contributed by atoms with E-state index in [0.29, 0.717) is 4.99 Å². The second-order valence-corrected chi connectivity index (χ2v) is 4.72. The van der Waals surface area contributed by atoms with Crippen LogP contribution >= 0.6 is 12.2 Å². The van der Waals surface area contributed by atoms with Gasteiger partial charge < -0.3 is 10.6 Å². The Morgan fingerprint density at radius 1 is 1.11 bits per heavy atom.